The lowest BCUT2D eigenvalue weighted by Gasteiger charge is -2.15. The lowest BCUT2D eigenvalue weighted by atomic mass is 10.0. The Morgan fingerprint density at radius 2 is 1.79 bits per heavy atom. The summed E-state index contributed by atoms with van der Waals surface area (Å²) in [6.07, 6.45) is 3.19. The number of aryl methyl sites for hydroxylation is 1. The van der Waals surface area contributed by atoms with Crippen molar-refractivity contribution in [3.63, 3.8) is 0 Å². The van der Waals surface area contributed by atoms with Crippen molar-refractivity contribution < 1.29 is 9.53 Å². The number of thiophene rings is 1. The fourth-order valence-electron chi connectivity index (χ4n) is 3.81. The molecule has 5 aromatic rings. The SMILES string of the molecule is CNc1ncnc2c(C(=O)Nc3c(C)ccc4c(Nc5ccc(OC)cc5)nccc34)csc12. The molecule has 0 aliphatic rings. The van der Waals surface area contributed by atoms with Crippen LogP contribution in [0.15, 0.2) is 60.4 Å². The van der Waals surface area contributed by atoms with E-state index < -0.39 is 0 Å². The molecule has 0 aliphatic carbocycles. The van der Waals surface area contributed by atoms with E-state index in [0.717, 1.165) is 38.2 Å². The lowest BCUT2D eigenvalue weighted by molar-refractivity contribution is 0.102. The van der Waals surface area contributed by atoms with Gasteiger partial charge in [-0.1, -0.05) is 12.1 Å². The molecule has 2 aromatic carbocycles. The zero-order valence-electron chi connectivity index (χ0n) is 18.8. The molecule has 5 rings (SSSR count). The van der Waals surface area contributed by atoms with E-state index in [2.05, 4.69) is 30.9 Å². The van der Waals surface area contributed by atoms with E-state index in [-0.39, 0.29) is 5.91 Å². The number of nitrogens with zero attached hydrogens (tertiary/aromatic N) is 3. The van der Waals surface area contributed by atoms with Gasteiger partial charge >= 0.3 is 0 Å². The largest absolute Gasteiger partial charge is 0.497 e. The Hall–Kier alpha value is -4.24. The second kappa shape index (κ2) is 8.95. The molecule has 0 saturated carbocycles. The van der Waals surface area contributed by atoms with Gasteiger partial charge in [0.15, 0.2) is 0 Å². The molecular formula is C25H22N6O2S. The summed E-state index contributed by atoms with van der Waals surface area (Å²) in [5.41, 5.74) is 3.72. The number of ether oxygens (including phenoxy) is 1. The number of benzene rings is 2. The molecule has 0 atom stereocenters. The first-order chi connectivity index (χ1) is 16.6. The predicted molar refractivity (Wildman–Crippen MR) is 138 cm³/mol. The van der Waals surface area contributed by atoms with Gasteiger partial charge in [-0.2, -0.15) is 0 Å². The molecule has 3 aromatic heterocycles. The minimum atomic E-state index is -0.218. The van der Waals surface area contributed by atoms with Crippen LogP contribution >= 0.6 is 11.3 Å². The van der Waals surface area contributed by atoms with E-state index in [1.807, 2.05) is 54.8 Å². The predicted octanol–water partition coefficient (Wildman–Crippen LogP) is 5.59. The summed E-state index contributed by atoms with van der Waals surface area (Å²) in [6.45, 7) is 1.97. The number of hydrogen-bond donors (Lipinski definition) is 3. The molecule has 1 amide bonds. The molecule has 34 heavy (non-hydrogen) atoms. The normalized spacial score (nSPS) is 10.9. The molecule has 0 fully saturated rings. The molecule has 0 aliphatic heterocycles. The highest BCUT2D eigenvalue weighted by molar-refractivity contribution is 7.18. The van der Waals surface area contributed by atoms with E-state index in [0.29, 0.717) is 22.7 Å². The van der Waals surface area contributed by atoms with Gasteiger partial charge in [-0.15, -0.1) is 11.3 Å². The van der Waals surface area contributed by atoms with Gasteiger partial charge in [-0.25, -0.2) is 15.0 Å². The molecule has 0 saturated heterocycles. The van der Waals surface area contributed by atoms with Crippen LogP contribution < -0.4 is 20.7 Å². The molecule has 0 radical (unpaired) electrons. The molecule has 9 heteroatoms. The summed E-state index contributed by atoms with van der Waals surface area (Å²) < 4.78 is 6.08. The molecule has 0 unspecified atom stereocenters. The van der Waals surface area contributed by atoms with Crippen molar-refractivity contribution in [2.75, 3.05) is 30.1 Å². The smallest absolute Gasteiger partial charge is 0.258 e. The summed E-state index contributed by atoms with van der Waals surface area (Å²) in [6, 6.07) is 13.5. The Balaban J connectivity index is 1.51. The van der Waals surface area contributed by atoms with E-state index >= 15 is 0 Å². The third kappa shape index (κ3) is 3.86. The first kappa shape index (κ1) is 21.6. The van der Waals surface area contributed by atoms with Crippen LogP contribution in [-0.4, -0.2) is 35.0 Å². The minimum absolute atomic E-state index is 0.218. The van der Waals surface area contributed by atoms with Crippen molar-refractivity contribution in [2.24, 2.45) is 0 Å². The number of rotatable bonds is 6. The van der Waals surface area contributed by atoms with Gasteiger partial charge in [0, 0.05) is 35.1 Å². The minimum Gasteiger partial charge on any atom is -0.497 e. The maximum absolute atomic E-state index is 13.3. The number of aromatic nitrogens is 3. The Morgan fingerprint density at radius 3 is 2.56 bits per heavy atom. The van der Waals surface area contributed by atoms with Gasteiger partial charge in [-0.05, 0) is 42.8 Å². The van der Waals surface area contributed by atoms with E-state index in [1.54, 1.807) is 20.4 Å². The Labute approximate surface area is 200 Å². The number of nitrogens with one attached hydrogen (secondary N) is 3. The Kier molecular flexibility index (Phi) is 5.69. The number of methoxy groups -OCH3 is 1. The molecule has 0 spiro atoms. The summed E-state index contributed by atoms with van der Waals surface area (Å²) in [5, 5.41) is 13.1. The van der Waals surface area contributed by atoms with Crippen molar-refractivity contribution in [1.29, 1.82) is 0 Å². The fraction of sp³-hybridized carbons (Fsp3) is 0.120. The van der Waals surface area contributed by atoms with Crippen LogP contribution in [-0.2, 0) is 0 Å². The van der Waals surface area contributed by atoms with Crippen LogP contribution in [0, 0.1) is 6.92 Å². The molecule has 3 N–H and O–H groups in total. The number of amides is 1. The van der Waals surface area contributed by atoms with Gasteiger partial charge in [-0.3, -0.25) is 4.79 Å². The number of hydrogen-bond acceptors (Lipinski definition) is 8. The zero-order chi connectivity index (χ0) is 23.7. The summed E-state index contributed by atoms with van der Waals surface area (Å²) in [7, 11) is 3.44. The highest BCUT2D eigenvalue weighted by Crippen LogP contribution is 2.34. The number of fused-ring (bicyclic) bond motifs is 2. The Bertz CT molecular complexity index is 1510. The van der Waals surface area contributed by atoms with Crippen molar-refractivity contribution in [2.45, 2.75) is 6.92 Å². The lowest BCUT2D eigenvalue weighted by Crippen LogP contribution is -2.13. The van der Waals surface area contributed by atoms with Crippen molar-refractivity contribution in [3.8, 4) is 5.75 Å². The summed E-state index contributed by atoms with van der Waals surface area (Å²) in [4.78, 5) is 26.4. The van der Waals surface area contributed by atoms with Crippen molar-refractivity contribution >= 4 is 61.2 Å². The van der Waals surface area contributed by atoms with Gasteiger partial charge in [0.25, 0.3) is 5.91 Å². The van der Waals surface area contributed by atoms with Crippen LogP contribution in [0.1, 0.15) is 15.9 Å². The van der Waals surface area contributed by atoms with Gasteiger partial charge in [0.05, 0.1) is 28.6 Å². The number of carbonyl (C=O) groups is 1. The maximum atomic E-state index is 13.3. The van der Waals surface area contributed by atoms with E-state index in [4.69, 9.17) is 4.74 Å². The standard InChI is InChI=1S/C25H22N6O2S/c1-14-4-9-18-17(10-11-27-23(18)30-15-5-7-16(33-3)8-6-15)20(14)31-25(32)19-12-34-22-21(19)28-13-29-24(22)26-2/h4-13H,1-3H3,(H,27,30)(H,31,32)(H,26,28,29). The highest BCUT2D eigenvalue weighted by atomic mass is 32.1. The monoisotopic (exact) mass is 470 g/mol. The number of pyridine rings is 1. The van der Waals surface area contributed by atoms with Crippen molar-refractivity contribution in [3.05, 3.63) is 71.5 Å². The van der Waals surface area contributed by atoms with Crippen LogP contribution in [0.25, 0.3) is 21.0 Å². The van der Waals surface area contributed by atoms with Crippen LogP contribution in [0.2, 0.25) is 0 Å². The average molecular weight is 471 g/mol. The highest BCUT2D eigenvalue weighted by Gasteiger charge is 2.18. The summed E-state index contributed by atoms with van der Waals surface area (Å²) >= 11 is 1.44. The van der Waals surface area contributed by atoms with Gasteiger partial charge in [0.2, 0.25) is 0 Å². The quantitative estimate of drug-likeness (QED) is 0.297. The Morgan fingerprint density at radius 1 is 0.971 bits per heavy atom. The third-order valence-electron chi connectivity index (χ3n) is 5.58. The molecule has 8 nitrogen and oxygen atoms in total. The fourth-order valence-corrected chi connectivity index (χ4v) is 4.81. The second-order valence-electron chi connectivity index (χ2n) is 7.62. The zero-order valence-corrected chi connectivity index (χ0v) is 19.7. The van der Waals surface area contributed by atoms with Gasteiger partial charge in [0.1, 0.15) is 23.7 Å². The first-order valence-electron chi connectivity index (χ1n) is 10.6. The molecule has 3 heterocycles. The molecule has 0 bridgehead atoms. The maximum Gasteiger partial charge on any atom is 0.258 e. The van der Waals surface area contributed by atoms with E-state index in [9.17, 15) is 4.79 Å². The second-order valence-corrected chi connectivity index (χ2v) is 8.50. The third-order valence-corrected chi connectivity index (χ3v) is 6.56. The number of carbonyl (C=O) groups excluding carboxylic acids is 1. The first-order valence-corrected chi connectivity index (χ1v) is 11.5. The average Bonchev–Trinajstić information content (AvgIpc) is 3.31. The van der Waals surface area contributed by atoms with Crippen molar-refractivity contribution in [1.82, 2.24) is 15.0 Å². The van der Waals surface area contributed by atoms with Crippen LogP contribution in [0.3, 0.4) is 0 Å². The summed E-state index contributed by atoms with van der Waals surface area (Å²) in [5.74, 6) is 1.97. The molecule has 170 valence electrons. The van der Waals surface area contributed by atoms with Crippen LogP contribution in [0.4, 0.5) is 23.0 Å². The van der Waals surface area contributed by atoms with Crippen LogP contribution in [0.5, 0.6) is 5.75 Å². The number of anilines is 4. The van der Waals surface area contributed by atoms with Gasteiger partial charge < -0.3 is 20.7 Å². The molecular weight excluding hydrogens is 448 g/mol. The van der Waals surface area contributed by atoms with E-state index in [1.165, 1.54) is 17.7 Å². The topological polar surface area (TPSA) is 101 Å².